The summed E-state index contributed by atoms with van der Waals surface area (Å²) in [5.41, 5.74) is -6.14. The van der Waals surface area contributed by atoms with Gasteiger partial charge >= 0.3 is 24.7 Å². The number of β-amino-alcohol motifs (C(OH)–C–C–N with tert-alkyl or cyclic N) is 4. The van der Waals surface area contributed by atoms with Crippen LogP contribution in [-0.2, 0) is 24.7 Å². The van der Waals surface area contributed by atoms with Crippen LogP contribution in [-0.4, -0.2) is 189 Å². The van der Waals surface area contributed by atoms with E-state index in [9.17, 15) is 90.7 Å². The molecule has 0 amide bonds. The Labute approximate surface area is 652 Å². The van der Waals surface area contributed by atoms with Gasteiger partial charge < -0.3 is 80.2 Å². The highest BCUT2D eigenvalue weighted by molar-refractivity contribution is 5.45. The Hall–Kier alpha value is -9.84. The number of aliphatic hydroxyl groups is 4. The summed E-state index contributed by atoms with van der Waals surface area (Å²) >= 11 is 0. The van der Waals surface area contributed by atoms with Gasteiger partial charge in [-0.25, -0.2) is 37.5 Å². The van der Waals surface area contributed by atoms with E-state index in [0.29, 0.717) is 128 Å². The highest BCUT2D eigenvalue weighted by Crippen LogP contribution is 2.47. The molecule has 8 N–H and O–H groups in total. The van der Waals surface area contributed by atoms with E-state index in [4.69, 9.17) is 18.9 Å². The molecule has 12 heterocycles. The van der Waals surface area contributed by atoms with Crippen molar-refractivity contribution in [2.75, 3.05) is 124 Å². The van der Waals surface area contributed by atoms with Crippen LogP contribution in [0.15, 0.2) is 121 Å². The Morgan fingerprint density at radius 3 is 0.690 bits per heavy atom. The lowest BCUT2D eigenvalue weighted by Gasteiger charge is -2.38. The monoisotopic (exact) mass is 1650 g/mol. The zero-order chi connectivity index (χ0) is 82.6. The molecule has 8 saturated heterocycles. The Morgan fingerprint density at radius 1 is 0.302 bits per heavy atom. The SMILES string of the molecule is O[C@@H]1CNCC[C@@]12CCN(c1nc(Oc3cccc(F)c3)cc(C(F)(F)F)n1)C2.O[C@@H]1CNCC[C@]12CCN(c1nc(Oc3cccc(F)c3)cc(C(F)(F)F)n1)C2.O[C@H]1CNCC[C@@]12CCN(c1nc(Oc3cccc(F)c3)cc(C(F)(F)F)n1)C2.O[C@H]1CNCC[C@]12CCN(c1nc(Oc3cccc(F)c3)cc(C(F)(F)F)n1)C2. The predicted octanol–water partition coefficient (Wildman–Crippen LogP) is 11.9. The fourth-order valence-electron chi connectivity index (χ4n) is 15.6. The molecule has 4 spiro atoms. The first-order chi connectivity index (χ1) is 55.0. The molecular weight excluding hydrogens is 1570 g/mol. The molecular formula is C76H80F16N16O8. The van der Waals surface area contributed by atoms with Crippen LogP contribution in [0.1, 0.15) is 74.1 Å². The third-order valence-electron chi connectivity index (χ3n) is 22.0. The van der Waals surface area contributed by atoms with Crippen LogP contribution in [0.3, 0.4) is 0 Å². The van der Waals surface area contributed by atoms with Crippen molar-refractivity contribution in [1.29, 1.82) is 0 Å². The molecule has 8 fully saturated rings. The average molecular weight is 1650 g/mol. The second kappa shape index (κ2) is 34.4. The summed E-state index contributed by atoms with van der Waals surface area (Å²) in [6.07, 6.45) is -15.7. The van der Waals surface area contributed by atoms with Gasteiger partial charge in [0.1, 0.15) is 46.3 Å². The fourth-order valence-corrected chi connectivity index (χ4v) is 15.6. The molecule has 4 aromatic heterocycles. The Bertz CT molecular complexity index is 4160. The minimum absolute atomic E-state index is 0.0365. The van der Waals surface area contributed by atoms with E-state index in [2.05, 4.69) is 61.1 Å². The normalized spacial score (nSPS) is 24.9. The molecule has 8 aliphatic heterocycles. The number of anilines is 4. The van der Waals surface area contributed by atoms with E-state index >= 15 is 0 Å². The molecule has 116 heavy (non-hydrogen) atoms. The molecule has 0 saturated carbocycles. The van der Waals surface area contributed by atoms with E-state index in [-0.39, 0.29) is 70.3 Å². The van der Waals surface area contributed by atoms with Crippen molar-refractivity contribution in [2.24, 2.45) is 21.7 Å². The van der Waals surface area contributed by atoms with Crippen molar-refractivity contribution >= 4 is 23.8 Å². The summed E-state index contributed by atoms with van der Waals surface area (Å²) in [5.74, 6) is -3.90. The van der Waals surface area contributed by atoms with E-state index in [1.54, 1.807) is 19.6 Å². The lowest BCUT2D eigenvalue weighted by molar-refractivity contribution is -0.142. The van der Waals surface area contributed by atoms with Crippen LogP contribution in [0.2, 0.25) is 0 Å². The molecule has 4 aromatic carbocycles. The maximum atomic E-state index is 13.4. The van der Waals surface area contributed by atoms with E-state index in [0.717, 1.165) is 76.1 Å². The first kappa shape index (κ1) is 84.1. The minimum atomic E-state index is -4.69. The smallest absolute Gasteiger partial charge is 0.433 e. The Morgan fingerprint density at radius 2 is 0.509 bits per heavy atom. The van der Waals surface area contributed by atoms with E-state index < -0.39 is 117 Å². The number of hydrogen-bond donors (Lipinski definition) is 8. The number of halogens is 16. The van der Waals surface area contributed by atoms with Crippen LogP contribution in [0.25, 0.3) is 0 Å². The van der Waals surface area contributed by atoms with Gasteiger partial charge in [0.05, 0.1) is 24.4 Å². The van der Waals surface area contributed by atoms with Crippen LogP contribution < -0.4 is 59.8 Å². The van der Waals surface area contributed by atoms with Crippen LogP contribution in [0.5, 0.6) is 46.5 Å². The maximum Gasteiger partial charge on any atom is 0.433 e. The predicted molar refractivity (Wildman–Crippen MR) is 385 cm³/mol. The van der Waals surface area contributed by atoms with Crippen molar-refractivity contribution in [3.8, 4) is 46.5 Å². The van der Waals surface area contributed by atoms with Crippen molar-refractivity contribution in [3.63, 3.8) is 0 Å². The largest absolute Gasteiger partial charge is 0.439 e. The molecule has 8 aromatic rings. The first-order valence-corrected chi connectivity index (χ1v) is 37.1. The summed E-state index contributed by atoms with van der Waals surface area (Å²) < 4.78 is 235. The van der Waals surface area contributed by atoms with Crippen molar-refractivity contribution < 1.29 is 110 Å². The topological polar surface area (TPSA) is 282 Å². The van der Waals surface area contributed by atoms with E-state index in [1.807, 2.05) is 0 Å². The third kappa shape index (κ3) is 20.2. The maximum absolute atomic E-state index is 13.4. The van der Waals surface area contributed by atoms with Gasteiger partial charge in [0.2, 0.25) is 47.3 Å². The molecule has 8 atom stereocenters. The molecule has 8 aliphatic rings. The molecule has 0 aliphatic carbocycles. The van der Waals surface area contributed by atoms with Gasteiger partial charge in [-0.2, -0.15) is 72.6 Å². The lowest BCUT2D eigenvalue weighted by atomic mass is 9.76. The number of aromatic nitrogens is 8. The summed E-state index contributed by atoms with van der Waals surface area (Å²) in [7, 11) is 0. The van der Waals surface area contributed by atoms with Gasteiger partial charge in [-0.3, -0.25) is 0 Å². The number of alkyl halides is 12. The zero-order valence-electron chi connectivity index (χ0n) is 61.7. The van der Waals surface area contributed by atoms with Gasteiger partial charge in [-0.15, -0.1) is 0 Å². The van der Waals surface area contributed by atoms with Crippen molar-refractivity contribution in [2.45, 2.75) is 100 Å². The molecule has 0 radical (unpaired) electrons. The lowest BCUT2D eigenvalue weighted by Crippen LogP contribution is -2.50. The fraction of sp³-hybridized carbons (Fsp3) is 0.474. The molecule has 24 nitrogen and oxygen atoms in total. The molecule has 0 unspecified atom stereocenters. The molecule has 0 bridgehead atoms. The highest BCUT2D eigenvalue weighted by Gasteiger charge is 2.51. The number of aliphatic hydroxyl groups excluding tert-OH is 4. The van der Waals surface area contributed by atoms with E-state index in [1.165, 1.54) is 72.8 Å². The molecule has 16 rings (SSSR count). The first-order valence-electron chi connectivity index (χ1n) is 37.1. The van der Waals surface area contributed by atoms with Crippen LogP contribution in [0.4, 0.5) is 94.0 Å². The Balaban J connectivity index is 0.000000135. The Kier molecular flexibility index (Phi) is 24.9. The second-order valence-corrected chi connectivity index (χ2v) is 29.8. The third-order valence-corrected chi connectivity index (χ3v) is 22.0. The van der Waals surface area contributed by atoms with Crippen molar-refractivity contribution in [1.82, 2.24) is 61.1 Å². The van der Waals surface area contributed by atoms with Gasteiger partial charge in [0.15, 0.2) is 22.8 Å². The quantitative estimate of drug-likeness (QED) is 0.0528. The number of rotatable bonds is 12. The molecule has 624 valence electrons. The average Bonchev–Trinajstić information content (AvgIpc) is 1.65. The second-order valence-electron chi connectivity index (χ2n) is 29.8. The number of piperidine rings is 4. The number of ether oxygens (including phenoxy) is 4. The summed E-state index contributed by atoms with van der Waals surface area (Å²) in [6.45, 7) is 7.90. The van der Waals surface area contributed by atoms with Gasteiger partial charge in [-0.1, -0.05) is 24.3 Å². The van der Waals surface area contributed by atoms with Gasteiger partial charge in [-0.05, 0) is 126 Å². The minimum Gasteiger partial charge on any atom is -0.439 e. The summed E-state index contributed by atoms with van der Waals surface area (Å²) in [4.78, 5) is 37.8. The van der Waals surface area contributed by atoms with Crippen LogP contribution in [0, 0.1) is 44.9 Å². The van der Waals surface area contributed by atoms with Gasteiger partial charge in [0.25, 0.3) is 0 Å². The summed E-state index contributed by atoms with van der Waals surface area (Å²) in [5, 5.41) is 54.1. The van der Waals surface area contributed by atoms with Gasteiger partial charge in [0, 0.05) is 149 Å². The standard InChI is InChI=1S/4C19H20F4N4O2/c4*20-12-2-1-3-13(8-12)29-16-9-14(19(21,22)23)25-17(26-16)27-7-5-18(11-27)4-6-24-10-15(18)28/h4*1-3,8-9,15,24,28H,4-7,10-11H2/t2*15-,18+;2*15-,18-/m1010/s1. The zero-order valence-corrected chi connectivity index (χ0v) is 61.7. The number of nitrogens with zero attached hydrogens (tertiary/aromatic N) is 12. The highest BCUT2D eigenvalue weighted by atomic mass is 19.4. The van der Waals surface area contributed by atoms with Crippen LogP contribution >= 0.6 is 0 Å². The number of nitrogens with one attached hydrogen (secondary N) is 4. The van der Waals surface area contributed by atoms with Crippen molar-refractivity contribution in [3.05, 3.63) is 167 Å². The number of benzene rings is 4. The number of hydrogen-bond acceptors (Lipinski definition) is 24. The summed E-state index contributed by atoms with van der Waals surface area (Å²) in [6, 6.07) is 23.1. The molecule has 40 heteroatoms.